The fourth-order valence-corrected chi connectivity index (χ4v) is 5.89. The van der Waals surface area contributed by atoms with Crippen molar-refractivity contribution in [1.82, 2.24) is 14.8 Å². The highest BCUT2D eigenvalue weighted by atomic mass is 16.3. The minimum absolute atomic E-state index is 0.00280. The zero-order chi connectivity index (χ0) is 20.9. The Kier molecular flexibility index (Phi) is 4.91. The molecular weight excluding hydrogens is 378 g/mol. The van der Waals surface area contributed by atoms with E-state index < -0.39 is 5.54 Å². The van der Waals surface area contributed by atoms with Crippen LogP contribution in [0.15, 0.2) is 22.8 Å². The first kappa shape index (κ1) is 19.7. The molecule has 3 aliphatic rings. The van der Waals surface area contributed by atoms with Crippen molar-refractivity contribution < 1.29 is 14.0 Å². The molecule has 2 aromatic rings. The number of furan rings is 1. The summed E-state index contributed by atoms with van der Waals surface area (Å²) >= 11 is 0. The van der Waals surface area contributed by atoms with Gasteiger partial charge in [-0.05, 0) is 51.4 Å². The second-order valence-corrected chi connectivity index (χ2v) is 9.96. The van der Waals surface area contributed by atoms with Crippen LogP contribution in [0.4, 0.5) is 0 Å². The summed E-state index contributed by atoms with van der Waals surface area (Å²) in [5.41, 5.74) is 1.37. The van der Waals surface area contributed by atoms with Gasteiger partial charge in [0.25, 0.3) is 5.91 Å². The summed E-state index contributed by atoms with van der Waals surface area (Å²) < 4.78 is 7.56. The molecule has 1 unspecified atom stereocenters. The fraction of sp³-hybridized carbons (Fsp3) is 0.667. The Balaban J connectivity index is 1.50. The van der Waals surface area contributed by atoms with Crippen molar-refractivity contribution in [3.63, 3.8) is 0 Å². The number of hydrogen-bond donors (Lipinski definition) is 1. The van der Waals surface area contributed by atoms with Gasteiger partial charge in [0.05, 0.1) is 18.3 Å². The molecule has 5 rings (SSSR count). The maximum atomic E-state index is 13.7. The van der Waals surface area contributed by atoms with E-state index in [0.29, 0.717) is 17.8 Å². The predicted molar refractivity (Wildman–Crippen MR) is 115 cm³/mol. The largest absolute Gasteiger partial charge is 0.463 e. The number of aromatic nitrogens is 1. The topological polar surface area (TPSA) is 67.5 Å². The van der Waals surface area contributed by atoms with Crippen molar-refractivity contribution in [2.75, 3.05) is 0 Å². The summed E-state index contributed by atoms with van der Waals surface area (Å²) in [4.78, 5) is 29.4. The molecule has 1 atom stereocenters. The molecule has 0 spiro atoms. The summed E-state index contributed by atoms with van der Waals surface area (Å²) in [6.07, 6.45) is 11.4. The van der Waals surface area contributed by atoms with E-state index in [1.165, 1.54) is 6.42 Å². The minimum atomic E-state index is -0.891. The van der Waals surface area contributed by atoms with E-state index in [2.05, 4.69) is 12.2 Å². The molecule has 2 aliphatic carbocycles. The number of hydrogen-bond acceptors (Lipinski definition) is 3. The Hall–Kier alpha value is -2.24. The zero-order valence-electron chi connectivity index (χ0n) is 18.2. The van der Waals surface area contributed by atoms with E-state index in [4.69, 9.17) is 4.42 Å². The maximum Gasteiger partial charge on any atom is 0.271 e. The molecule has 162 valence electrons. The average molecular weight is 412 g/mol. The van der Waals surface area contributed by atoms with Crippen LogP contribution >= 0.6 is 0 Å². The van der Waals surface area contributed by atoms with Gasteiger partial charge in [-0.3, -0.25) is 9.59 Å². The first-order valence-electron chi connectivity index (χ1n) is 11.7. The van der Waals surface area contributed by atoms with Gasteiger partial charge < -0.3 is 19.2 Å². The molecule has 3 heterocycles. The van der Waals surface area contributed by atoms with E-state index >= 15 is 0 Å². The highest BCUT2D eigenvalue weighted by molar-refractivity contribution is 6.03. The van der Waals surface area contributed by atoms with Crippen LogP contribution in [0, 0.1) is 5.92 Å². The van der Waals surface area contributed by atoms with Crippen molar-refractivity contribution in [2.24, 2.45) is 5.92 Å². The molecule has 2 saturated carbocycles. The molecule has 0 radical (unpaired) electrons. The van der Waals surface area contributed by atoms with Gasteiger partial charge in [-0.25, -0.2) is 0 Å². The van der Waals surface area contributed by atoms with Crippen LogP contribution in [0.1, 0.15) is 82.1 Å². The van der Waals surface area contributed by atoms with Crippen molar-refractivity contribution in [2.45, 2.75) is 95.8 Å². The third-order valence-corrected chi connectivity index (χ3v) is 7.74. The molecule has 6 heteroatoms. The number of nitrogens with one attached hydrogen (secondary N) is 1. The van der Waals surface area contributed by atoms with Gasteiger partial charge in [-0.1, -0.05) is 26.2 Å². The van der Waals surface area contributed by atoms with Crippen LogP contribution in [0.2, 0.25) is 0 Å². The van der Waals surface area contributed by atoms with Crippen molar-refractivity contribution in [3.05, 3.63) is 24.1 Å². The van der Waals surface area contributed by atoms with Crippen molar-refractivity contribution in [3.8, 4) is 0 Å². The van der Waals surface area contributed by atoms with Gasteiger partial charge in [0.15, 0.2) is 5.58 Å². The molecule has 2 fully saturated rings. The zero-order valence-corrected chi connectivity index (χ0v) is 18.2. The van der Waals surface area contributed by atoms with Gasteiger partial charge in [-0.15, -0.1) is 0 Å². The Morgan fingerprint density at radius 3 is 2.60 bits per heavy atom. The highest BCUT2D eigenvalue weighted by Crippen LogP contribution is 2.38. The van der Waals surface area contributed by atoms with E-state index in [9.17, 15) is 9.59 Å². The molecule has 0 bridgehead atoms. The number of fused-ring (bicyclic) bond motifs is 3. The molecule has 2 amide bonds. The number of amides is 2. The summed E-state index contributed by atoms with van der Waals surface area (Å²) in [6.45, 7) is 4.73. The Morgan fingerprint density at radius 2 is 1.87 bits per heavy atom. The second kappa shape index (κ2) is 7.47. The second-order valence-electron chi connectivity index (χ2n) is 9.96. The van der Waals surface area contributed by atoms with Crippen LogP contribution in [0.3, 0.4) is 0 Å². The van der Waals surface area contributed by atoms with Gasteiger partial charge in [0, 0.05) is 24.2 Å². The van der Waals surface area contributed by atoms with E-state index in [0.717, 1.165) is 62.8 Å². The molecule has 0 aromatic carbocycles. The van der Waals surface area contributed by atoms with Crippen LogP contribution < -0.4 is 5.32 Å². The Bertz CT molecular complexity index is 946. The lowest BCUT2D eigenvalue weighted by molar-refractivity contribution is -0.135. The van der Waals surface area contributed by atoms with Crippen LogP contribution in [-0.2, 0) is 11.3 Å². The van der Waals surface area contributed by atoms with Crippen LogP contribution in [0.5, 0.6) is 0 Å². The maximum absolute atomic E-state index is 13.7. The molecule has 30 heavy (non-hydrogen) atoms. The summed E-state index contributed by atoms with van der Waals surface area (Å²) in [6, 6.07) is 4.08. The average Bonchev–Trinajstić information content (AvgIpc) is 3.33. The first-order chi connectivity index (χ1) is 14.5. The van der Waals surface area contributed by atoms with Crippen molar-refractivity contribution >= 4 is 22.9 Å². The van der Waals surface area contributed by atoms with E-state index in [1.807, 2.05) is 28.5 Å². The third kappa shape index (κ3) is 3.15. The third-order valence-electron chi connectivity index (χ3n) is 7.74. The lowest BCUT2D eigenvalue weighted by Gasteiger charge is -2.49. The quantitative estimate of drug-likeness (QED) is 0.810. The van der Waals surface area contributed by atoms with Crippen LogP contribution in [0.25, 0.3) is 11.1 Å². The van der Waals surface area contributed by atoms with E-state index in [1.54, 1.807) is 6.26 Å². The Morgan fingerprint density at radius 1 is 1.13 bits per heavy atom. The number of carbonyl (C=O) groups excluding carboxylic acids is 2. The lowest BCUT2D eigenvalue weighted by atomic mass is 9.85. The molecule has 0 saturated heterocycles. The SMILES string of the molecule is CC1CCC(NC(=O)C2(C)Cn3c(cc4occc43)C(=O)N2C2CCCCC2)CC1. The number of carbonyl (C=O) groups is 2. The first-order valence-corrected chi connectivity index (χ1v) is 11.7. The standard InChI is InChI=1S/C24H33N3O3/c1-16-8-10-17(11-9-16)25-23(29)24(2)15-26-19-12-13-30-21(19)14-20(26)22(28)27(24)18-6-4-3-5-7-18/h12-14,16-18H,3-11,15H2,1-2H3,(H,25,29). The number of nitrogens with zero attached hydrogens (tertiary/aromatic N) is 2. The smallest absolute Gasteiger partial charge is 0.271 e. The molecule has 1 N–H and O–H groups in total. The summed E-state index contributed by atoms with van der Waals surface area (Å²) in [5.74, 6) is 0.701. The minimum Gasteiger partial charge on any atom is -0.463 e. The van der Waals surface area contributed by atoms with Gasteiger partial charge in [0.2, 0.25) is 5.91 Å². The molecular formula is C24H33N3O3. The van der Waals surface area contributed by atoms with E-state index in [-0.39, 0.29) is 23.9 Å². The summed E-state index contributed by atoms with van der Waals surface area (Å²) in [5, 5.41) is 3.33. The van der Waals surface area contributed by atoms with Crippen molar-refractivity contribution in [1.29, 1.82) is 0 Å². The molecule has 2 aromatic heterocycles. The van der Waals surface area contributed by atoms with Gasteiger partial charge >= 0.3 is 0 Å². The fourth-order valence-electron chi connectivity index (χ4n) is 5.89. The monoisotopic (exact) mass is 411 g/mol. The highest BCUT2D eigenvalue weighted by Gasteiger charge is 2.51. The van der Waals surface area contributed by atoms with Gasteiger partial charge in [-0.2, -0.15) is 0 Å². The normalized spacial score (nSPS) is 30.5. The summed E-state index contributed by atoms with van der Waals surface area (Å²) in [7, 11) is 0. The predicted octanol–water partition coefficient (Wildman–Crippen LogP) is 4.48. The van der Waals surface area contributed by atoms with Gasteiger partial charge in [0.1, 0.15) is 11.2 Å². The van der Waals surface area contributed by atoms with Crippen LogP contribution in [-0.4, -0.2) is 38.9 Å². The number of rotatable bonds is 3. The molecule has 1 aliphatic heterocycles. The lowest BCUT2D eigenvalue weighted by Crippen LogP contribution is -2.67. The Labute approximate surface area is 178 Å². The molecule has 6 nitrogen and oxygen atoms in total.